The second kappa shape index (κ2) is 7.26. The van der Waals surface area contributed by atoms with Crippen LogP contribution in [0, 0.1) is 0 Å². The van der Waals surface area contributed by atoms with Gasteiger partial charge in [-0.3, -0.25) is 14.5 Å². The highest BCUT2D eigenvalue weighted by Gasteiger charge is 2.52. The molecule has 1 aliphatic carbocycles. The van der Waals surface area contributed by atoms with E-state index in [1.54, 1.807) is 14.2 Å². The summed E-state index contributed by atoms with van der Waals surface area (Å²) in [5.41, 5.74) is 0.0471. The first-order valence-corrected chi connectivity index (χ1v) is 9.36. The first-order chi connectivity index (χ1) is 12.4. The smallest absolute Gasteiger partial charge is 0.325 e. The summed E-state index contributed by atoms with van der Waals surface area (Å²) < 4.78 is 6.21. The zero-order chi connectivity index (χ0) is 18.9. The van der Waals surface area contributed by atoms with Gasteiger partial charge in [0.15, 0.2) is 0 Å². The quantitative estimate of drug-likeness (QED) is 0.736. The maximum atomic E-state index is 12.6. The maximum Gasteiger partial charge on any atom is 0.325 e. The SMILES string of the molecule is COc1ccc(Br)cc1CN(C)C(=O)CN1C(=O)NC2(CCCC2)C1=O. The largest absolute Gasteiger partial charge is 0.496 e. The Balaban J connectivity index is 1.67. The van der Waals surface area contributed by atoms with Gasteiger partial charge >= 0.3 is 6.03 Å². The highest BCUT2D eigenvalue weighted by atomic mass is 79.9. The van der Waals surface area contributed by atoms with Crippen LogP contribution in [-0.2, 0) is 16.1 Å². The predicted molar refractivity (Wildman–Crippen MR) is 98.6 cm³/mol. The van der Waals surface area contributed by atoms with E-state index in [0.717, 1.165) is 27.8 Å². The lowest BCUT2D eigenvalue weighted by Crippen LogP contribution is -2.45. The molecule has 140 valence electrons. The number of carbonyl (C=O) groups is 3. The van der Waals surface area contributed by atoms with Crippen LogP contribution in [0.2, 0.25) is 0 Å². The summed E-state index contributed by atoms with van der Waals surface area (Å²) in [6, 6.07) is 5.08. The molecule has 1 spiro atoms. The molecule has 1 aromatic carbocycles. The fourth-order valence-electron chi connectivity index (χ4n) is 3.61. The number of likely N-dealkylation sites (N-methyl/N-ethyl adjacent to an activating group) is 1. The molecule has 3 rings (SSSR count). The number of rotatable bonds is 5. The molecule has 1 saturated carbocycles. The van der Waals surface area contributed by atoms with Crippen molar-refractivity contribution in [3.8, 4) is 5.75 Å². The zero-order valence-corrected chi connectivity index (χ0v) is 16.5. The fourth-order valence-corrected chi connectivity index (χ4v) is 4.02. The highest BCUT2D eigenvalue weighted by molar-refractivity contribution is 9.10. The molecule has 1 aromatic rings. The normalized spacial score (nSPS) is 18.3. The summed E-state index contributed by atoms with van der Waals surface area (Å²) >= 11 is 3.41. The van der Waals surface area contributed by atoms with E-state index >= 15 is 0 Å². The lowest BCUT2D eigenvalue weighted by atomic mass is 9.98. The van der Waals surface area contributed by atoms with Crippen molar-refractivity contribution in [2.24, 2.45) is 0 Å². The maximum absolute atomic E-state index is 12.6. The van der Waals surface area contributed by atoms with E-state index in [2.05, 4.69) is 21.2 Å². The van der Waals surface area contributed by atoms with Crippen molar-refractivity contribution < 1.29 is 19.1 Å². The Morgan fingerprint density at radius 3 is 2.69 bits per heavy atom. The molecule has 0 bridgehead atoms. The number of nitrogens with zero attached hydrogens (tertiary/aromatic N) is 2. The van der Waals surface area contributed by atoms with E-state index in [9.17, 15) is 14.4 Å². The molecule has 1 aliphatic heterocycles. The lowest BCUT2D eigenvalue weighted by Gasteiger charge is -2.23. The molecule has 7 nitrogen and oxygen atoms in total. The molecule has 1 heterocycles. The van der Waals surface area contributed by atoms with Crippen LogP contribution in [0.25, 0.3) is 0 Å². The van der Waals surface area contributed by atoms with Gasteiger partial charge < -0.3 is 15.0 Å². The Morgan fingerprint density at radius 2 is 2.04 bits per heavy atom. The Labute approximate surface area is 160 Å². The minimum atomic E-state index is -0.788. The minimum absolute atomic E-state index is 0.251. The number of urea groups is 1. The average molecular weight is 424 g/mol. The molecule has 8 heteroatoms. The number of ether oxygens (including phenoxy) is 1. The van der Waals surface area contributed by atoms with Gasteiger partial charge in [0.25, 0.3) is 5.91 Å². The second-order valence-electron chi connectivity index (χ2n) is 6.82. The van der Waals surface area contributed by atoms with Gasteiger partial charge in [0.2, 0.25) is 5.91 Å². The molecule has 0 radical (unpaired) electrons. The van der Waals surface area contributed by atoms with Crippen LogP contribution < -0.4 is 10.1 Å². The van der Waals surface area contributed by atoms with Gasteiger partial charge in [0.05, 0.1) is 7.11 Å². The van der Waals surface area contributed by atoms with Crippen LogP contribution in [-0.4, -0.2) is 53.9 Å². The Morgan fingerprint density at radius 1 is 1.35 bits per heavy atom. The molecular weight excluding hydrogens is 402 g/mol. The van der Waals surface area contributed by atoms with E-state index in [0.29, 0.717) is 25.1 Å². The van der Waals surface area contributed by atoms with Crippen molar-refractivity contribution in [2.75, 3.05) is 20.7 Å². The van der Waals surface area contributed by atoms with Crippen LogP contribution in [0.1, 0.15) is 31.2 Å². The first kappa shape index (κ1) is 18.7. The number of hydrogen-bond acceptors (Lipinski definition) is 4. The third-order valence-corrected chi connectivity index (χ3v) is 5.57. The summed E-state index contributed by atoms with van der Waals surface area (Å²) in [6.07, 6.45) is 3.12. The van der Waals surface area contributed by atoms with Crippen LogP contribution >= 0.6 is 15.9 Å². The van der Waals surface area contributed by atoms with Gasteiger partial charge in [0.1, 0.15) is 17.8 Å². The van der Waals surface area contributed by atoms with Crippen molar-refractivity contribution in [3.63, 3.8) is 0 Å². The molecule has 1 saturated heterocycles. The number of amides is 4. The van der Waals surface area contributed by atoms with Crippen LogP contribution in [0.3, 0.4) is 0 Å². The molecule has 4 amide bonds. The highest BCUT2D eigenvalue weighted by Crippen LogP contribution is 2.35. The van der Waals surface area contributed by atoms with Crippen LogP contribution in [0.4, 0.5) is 4.79 Å². The van der Waals surface area contributed by atoms with Gasteiger partial charge in [-0.15, -0.1) is 0 Å². The number of imide groups is 1. The van der Waals surface area contributed by atoms with Crippen molar-refractivity contribution in [1.29, 1.82) is 0 Å². The molecule has 0 unspecified atom stereocenters. The Hall–Kier alpha value is -2.09. The number of nitrogens with one attached hydrogen (secondary N) is 1. The van der Waals surface area contributed by atoms with Gasteiger partial charge in [-0.05, 0) is 31.0 Å². The van der Waals surface area contributed by atoms with E-state index in [1.165, 1.54) is 4.90 Å². The second-order valence-corrected chi connectivity index (χ2v) is 7.73. The summed E-state index contributed by atoms with van der Waals surface area (Å²) in [6.45, 7) is 0.0650. The third-order valence-electron chi connectivity index (χ3n) is 5.07. The molecule has 26 heavy (non-hydrogen) atoms. The monoisotopic (exact) mass is 423 g/mol. The van der Waals surface area contributed by atoms with Crippen molar-refractivity contribution >= 4 is 33.8 Å². The first-order valence-electron chi connectivity index (χ1n) is 8.57. The topological polar surface area (TPSA) is 79.0 Å². The standard InChI is InChI=1S/C18H22BrN3O4/c1-21(10-12-9-13(19)5-6-14(12)26-2)15(23)11-22-16(24)18(20-17(22)25)7-3-4-8-18/h5-6,9H,3-4,7-8,10-11H2,1-2H3,(H,20,25). The fraction of sp³-hybridized carbons (Fsp3) is 0.500. The molecule has 2 fully saturated rings. The minimum Gasteiger partial charge on any atom is -0.496 e. The zero-order valence-electron chi connectivity index (χ0n) is 14.9. The predicted octanol–water partition coefficient (Wildman–Crippen LogP) is 2.28. The van der Waals surface area contributed by atoms with Gasteiger partial charge in [-0.2, -0.15) is 0 Å². The molecular formula is C18H22BrN3O4. The number of halogens is 1. The summed E-state index contributed by atoms with van der Waals surface area (Å²) in [5, 5.41) is 2.79. The van der Waals surface area contributed by atoms with E-state index < -0.39 is 11.6 Å². The lowest BCUT2D eigenvalue weighted by molar-refractivity contribution is -0.138. The molecule has 1 N–H and O–H groups in total. The average Bonchev–Trinajstić information content (AvgIpc) is 3.16. The summed E-state index contributed by atoms with van der Waals surface area (Å²) in [4.78, 5) is 40.0. The Kier molecular flexibility index (Phi) is 5.22. The van der Waals surface area contributed by atoms with E-state index in [1.807, 2.05) is 18.2 Å². The van der Waals surface area contributed by atoms with Crippen LogP contribution in [0.15, 0.2) is 22.7 Å². The van der Waals surface area contributed by atoms with Crippen LogP contribution in [0.5, 0.6) is 5.75 Å². The van der Waals surface area contributed by atoms with Crippen molar-refractivity contribution in [2.45, 2.75) is 37.8 Å². The van der Waals surface area contributed by atoms with E-state index in [4.69, 9.17) is 4.74 Å². The number of methoxy groups -OCH3 is 1. The van der Waals surface area contributed by atoms with Gasteiger partial charge in [-0.1, -0.05) is 28.8 Å². The van der Waals surface area contributed by atoms with Crippen molar-refractivity contribution in [3.05, 3.63) is 28.2 Å². The third kappa shape index (κ3) is 3.42. The summed E-state index contributed by atoms with van der Waals surface area (Å²) in [5.74, 6) is 0.0973. The number of benzene rings is 1. The number of carbonyl (C=O) groups excluding carboxylic acids is 3. The van der Waals surface area contributed by atoms with Gasteiger partial charge in [0, 0.05) is 23.6 Å². The molecule has 2 aliphatic rings. The van der Waals surface area contributed by atoms with E-state index in [-0.39, 0.29) is 18.4 Å². The summed E-state index contributed by atoms with van der Waals surface area (Å²) in [7, 11) is 3.22. The Bertz CT molecular complexity index is 746. The van der Waals surface area contributed by atoms with Gasteiger partial charge in [-0.25, -0.2) is 4.79 Å². The van der Waals surface area contributed by atoms with Crippen molar-refractivity contribution in [1.82, 2.24) is 15.1 Å². The molecule has 0 atom stereocenters. The molecule has 0 aromatic heterocycles. The number of hydrogen-bond donors (Lipinski definition) is 1.